The fourth-order valence-corrected chi connectivity index (χ4v) is 2.60. The Balaban J connectivity index is 2.10. The summed E-state index contributed by atoms with van der Waals surface area (Å²) in [5.74, 6) is -0.279. The van der Waals surface area contributed by atoms with Gasteiger partial charge in [0.15, 0.2) is 4.77 Å². The van der Waals surface area contributed by atoms with Crippen LogP contribution < -0.4 is 0 Å². The molecule has 3 rings (SSSR count). The zero-order chi connectivity index (χ0) is 13.4. The van der Waals surface area contributed by atoms with Gasteiger partial charge < -0.3 is 9.55 Å². The van der Waals surface area contributed by atoms with Crippen molar-refractivity contribution in [1.29, 1.82) is 0 Å². The van der Waals surface area contributed by atoms with E-state index < -0.39 is 0 Å². The van der Waals surface area contributed by atoms with Crippen molar-refractivity contribution < 1.29 is 4.39 Å². The van der Waals surface area contributed by atoms with Crippen molar-refractivity contribution in [2.45, 2.75) is 6.54 Å². The van der Waals surface area contributed by atoms with Crippen LogP contribution in [-0.2, 0) is 6.54 Å². The second-order valence-electron chi connectivity index (χ2n) is 4.28. The minimum absolute atomic E-state index is 0.279. The maximum absolute atomic E-state index is 13.7. The number of aromatic nitrogens is 2. The predicted molar refractivity (Wildman–Crippen MR) is 80.3 cm³/mol. The van der Waals surface area contributed by atoms with Crippen LogP contribution in [0.1, 0.15) is 5.56 Å². The minimum atomic E-state index is -0.279. The van der Waals surface area contributed by atoms with Crippen LogP contribution in [0.4, 0.5) is 4.39 Å². The van der Waals surface area contributed by atoms with Crippen molar-refractivity contribution >= 4 is 39.2 Å². The molecule has 5 heteroatoms. The number of aromatic amines is 1. The Morgan fingerprint density at radius 2 is 1.89 bits per heavy atom. The van der Waals surface area contributed by atoms with Gasteiger partial charge in [0, 0.05) is 4.47 Å². The highest BCUT2D eigenvalue weighted by Crippen LogP contribution is 2.19. The summed E-state index contributed by atoms with van der Waals surface area (Å²) in [4.78, 5) is 2.92. The molecule has 19 heavy (non-hydrogen) atoms. The lowest BCUT2D eigenvalue weighted by Gasteiger charge is -2.05. The third-order valence-electron chi connectivity index (χ3n) is 3.01. The van der Waals surface area contributed by atoms with E-state index in [4.69, 9.17) is 12.2 Å². The molecule has 0 spiro atoms. The van der Waals surface area contributed by atoms with E-state index in [0.29, 0.717) is 16.8 Å². The number of para-hydroxylation sites is 1. The molecule has 0 aliphatic heterocycles. The Morgan fingerprint density at radius 1 is 1.16 bits per heavy atom. The molecule has 1 heterocycles. The molecule has 1 N–H and O–H groups in total. The summed E-state index contributed by atoms with van der Waals surface area (Å²) < 4.78 is 17.1. The molecule has 0 aliphatic carbocycles. The van der Waals surface area contributed by atoms with E-state index in [1.165, 1.54) is 6.07 Å². The van der Waals surface area contributed by atoms with Gasteiger partial charge >= 0.3 is 0 Å². The molecule has 0 amide bonds. The predicted octanol–water partition coefficient (Wildman–Crippen LogP) is 4.65. The summed E-state index contributed by atoms with van der Waals surface area (Å²) in [6.07, 6.45) is 0. The summed E-state index contributed by atoms with van der Waals surface area (Å²) in [5, 5.41) is 0. The average molecular weight is 337 g/mol. The fraction of sp³-hybridized carbons (Fsp3) is 0.0714. The van der Waals surface area contributed by atoms with E-state index in [1.54, 1.807) is 6.07 Å². The number of hydrogen-bond acceptors (Lipinski definition) is 1. The lowest BCUT2D eigenvalue weighted by Crippen LogP contribution is -1.99. The van der Waals surface area contributed by atoms with E-state index in [1.807, 2.05) is 34.9 Å². The first kappa shape index (κ1) is 12.6. The third kappa shape index (κ3) is 2.35. The lowest BCUT2D eigenvalue weighted by atomic mass is 10.2. The molecular weight excluding hydrogens is 327 g/mol. The molecule has 96 valence electrons. The third-order valence-corrected chi connectivity index (χ3v) is 3.86. The Bertz CT molecular complexity index is 789. The van der Waals surface area contributed by atoms with Gasteiger partial charge in [-0.2, -0.15) is 0 Å². The molecule has 0 fully saturated rings. The monoisotopic (exact) mass is 336 g/mol. The Kier molecular flexibility index (Phi) is 3.24. The number of hydrogen-bond donors (Lipinski definition) is 1. The van der Waals surface area contributed by atoms with Crippen molar-refractivity contribution in [3.05, 3.63) is 63.1 Å². The zero-order valence-corrected chi connectivity index (χ0v) is 12.3. The lowest BCUT2D eigenvalue weighted by molar-refractivity contribution is 0.637. The number of halogens is 2. The summed E-state index contributed by atoms with van der Waals surface area (Å²) in [6, 6.07) is 13.0. The average Bonchev–Trinajstić information content (AvgIpc) is 2.71. The fourth-order valence-electron chi connectivity index (χ4n) is 2.07. The van der Waals surface area contributed by atoms with E-state index in [-0.39, 0.29) is 5.82 Å². The Morgan fingerprint density at radius 3 is 2.63 bits per heavy atom. The molecule has 0 unspecified atom stereocenters. The van der Waals surface area contributed by atoms with Crippen molar-refractivity contribution in [1.82, 2.24) is 9.55 Å². The number of fused-ring (bicyclic) bond motifs is 1. The van der Waals surface area contributed by atoms with Crippen molar-refractivity contribution in [2.24, 2.45) is 0 Å². The van der Waals surface area contributed by atoms with Crippen LogP contribution >= 0.6 is 28.1 Å². The van der Waals surface area contributed by atoms with Crippen LogP contribution in [-0.4, -0.2) is 9.55 Å². The molecule has 0 saturated heterocycles. The first-order valence-electron chi connectivity index (χ1n) is 5.76. The Hall–Kier alpha value is -1.46. The molecule has 3 aromatic rings. The molecule has 0 radical (unpaired) electrons. The van der Waals surface area contributed by atoms with E-state index in [9.17, 15) is 4.39 Å². The maximum Gasteiger partial charge on any atom is 0.178 e. The Labute approximate surface area is 123 Å². The molecule has 2 aromatic carbocycles. The first-order chi connectivity index (χ1) is 9.15. The van der Waals surface area contributed by atoms with Gasteiger partial charge in [-0.3, -0.25) is 0 Å². The van der Waals surface area contributed by atoms with Gasteiger partial charge in [0.05, 0.1) is 12.1 Å². The molecule has 0 saturated carbocycles. The number of nitrogens with zero attached hydrogens (tertiary/aromatic N) is 1. The standard InChI is InChI=1S/C14H10BrFN2S/c15-10-6-4-9(5-7-10)8-18-12-3-1-2-11(16)13(12)17-14(18)19/h1-7H,8H2,(H,17,19). The number of imidazole rings is 1. The maximum atomic E-state index is 13.7. The first-order valence-corrected chi connectivity index (χ1v) is 6.97. The number of H-pyrrole nitrogens is 1. The molecular formula is C14H10BrFN2S. The highest BCUT2D eigenvalue weighted by Gasteiger charge is 2.08. The highest BCUT2D eigenvalue weighted by atomic mass is 79.9. The normalized spacial score (nSPS) is 11.1. The number of nitrogens with one attached hydrogen (secondary N) is 1. The molecule has 0 aliphatic rings. The largest absolute Gasteiger partial charge is 0.328 e. The molecule has 0 bridgehead atoms. The van der Waals surface area contributed by atoms with Gasteiger partial charge in [0.25, 0.3) is 0 Å². The van der Waals surface area contributed by atoms with Gasteiger partial charge in [-0.1, -0.05) is 34.1 Å². The van der Waals surface area contributed by atoms with Crippen LogP contribution in [0.2, 0.25) is 0 Å². The van der Waals surface area contributed by atoms with E-state index >= 15 is 0 Å². The smallest absolute Gasteiger partial charge is 0.178 e. The zero-order valence-electron chi connectivity index (χ0n) is 9.86. The van der Waals surface area contributed by atoms with E-state index in [2.05, 4.69) is 20.9 Å². The molecule has 1 aromatic heterocycles. The summed E-state index contributed by atoms with van der Waals surface area (Å²) in [7, 11) is 0. The van der Waals surface area contributed by atoms with E-state index in [0.717, 1.165) is 15.6 Å². The topological polar surface area (TPSA) is 20.7 Å². The SMILES string of the molecule is Fc1cccc2c1[nH]c(=S)n2Cc1ccc(Br)cc1. The second-order valence-corrected chi connectivity index (χ2v) is 5.58. The number of benzene rings is 2. The van der Waals surface area contributed by atoms with Crippen molar-refractivity contribution in [3.8, 4) is 0 Å². The molecule has 0 atom stereocenters. The summed E-state index contributed by atoms with van der Waals surface area (Å²) in [5.41, 5.74) is 2.36. The summed E-state index contributed by atoms with van der Waals surface area (Å²) in [6.45, 7) is 0.621. The van der Waals surface area contributed by atoms with Crippen LogP contribution in [0.25, 0.3) is 11.0 Å². The van der Waals surface area contributed by atoms with Gasteiger partial charge in [0.2, 0.25) is 0 Å². The number of rotatable bonds is 2. The quantitative estimate of drug-likeness (QED) is 0.675. The van der Waals surface area contributed by atoms with Crippen molar-refractivity contribution in [3.63, 3.8) is 0 Å². The highest BCUT2D eigenvalue weighted by molar-refractivity contribution is 9.10. The summed E-state index contributed by atoms with van der Waals surface area (Å²) >= 11 is 8.67. The molecule has 2 nitrogen and oxygen atoms in total. The minimum Gasteiger partial charge on any atom is -0.328 e. The van der Waals surface area contributed by atoms with Gasteiger partial charge in [-0.15, -0.1) is 0 Å². The van der Waals surface area contributed by atoms with Gasteiger partial charge in [0.1, 0.15) is 11.3 Å². The second kappa shape index (κ2) is 4.90. The van der Waals surface area contributed by atoms with Crippen LogP contribution in [0.3, 0.4) is 0 Å². The van der Waals surface area contributed by atoms with Crippen LogP contribution in [0.5, 0.6) is 0 Å². The van der Waals surface area contributed by atoms with Crippen LogP contribution in [0, 0.1) is 10.6 Å². The van der Waals surface area contributed by atoms with Gasteiger partial charge in [-0.25, -0.2) is 4.39 Å². The van der Waals surface area contributed by atoms with Crippen molar-refractivity contribution in [2.75, 3.05) is 0 Å². The van der Waals surface area contributed by atoms with Gasteiger partial charge in [-0.05, 0) is 42.0 Å². The van der Waals surface area contributed by atoms with Crippen LogP contribution in [0.15, 0.2) is 46.9 Å².